The van der Waals surface area contributed by atoms with E-state index in [2.05, 4.69) is 26.2 Å². The molecule has 0 aliphatic carbocycles. The van der Waals surface area contributed by atoms with Crippen molar-refractivity contribution in [3.8, 4) is 0 Å². The van der Waals surface area contributed by atoms with Crippen LogP contribution in [0.1, 0.15) is 43.5 Å². The first-order chi connectivity index (χ1) is 20.1. The molecular formula is C30H32BrN5O6. The van der Waals surface area contributed by atoms with E-state index in [1.807, 2.05) is 43.3 Å². The molecule has 2 aromatic carbocycles. The summed E-state index contributed by atoms with van der Waals surface area (Å²) in [6.07, 6.45) is 6.16. The third-order valence-electron chi connectivity index (χ3n) is 7.56. The van der Waals surface area contributed by atoms with E-state index >= 15 is 0 Å². The normalized spacial score (nSPS) is 20.6. The summed E-state index contributed by atoms with van der Waals surface area (Å²) >= 11 is 3.48. The lowest BCUT2D eigenvalue weighted by molar-refractivity contribution is -0.153. The number of aliphatic hydroxyl groups excluding tert-OH is 1. The number of halogens is 1. The van der Waals surface area contributed by atoms with Gasteiger partial charge >= 0.3 is 5.97 Å². The molecule has 1 saturated heterocycles. The van der Waals surface area contributed by atoms with Gasteiger partial charge in [0, 0.05) is 54.3 Å². The number of hydrogen-bond donors (Lipinski definition) is 2. The van der Waals surface area contributed by atoms with Gasteiger partial charge in [-0.25, -0.2) is 0 Å². The number of aryl methyl sites for hydroxylation is 1. The predicted octanol–water partition coefficient (Wildman–Crippen LogP) is 3.22. The van der Waals surface area contributed by atoms with E-state index in [1.54, 1.807) is 34.0 Å². The van der Waals surface area contributed by atoms with Crippen LogP contribution in [0.15, 0.2) is 65.3 Å². The highest BCUT2D eigenvalue weighted by molar-refractivity contribution is 9.10. The summed E-state index contributed by atoms with van der Waals surface area (Å²) in [5, 5.41) is 29.0. The Morgan fingerprint density at radius 1 is 1.24 bits per heavy atom. The van der Waals surface area contributed by atoms with E-state index in [4.69, 9.17) is 9.84 Å². The lowest BCUT2D eigenvalue weighted by Crippen LogP contribution is -2.54. The summed E-state index contributed by atoms with van der Waals surface area (Å²) in [5.41, 5.74) is 1.51. The number of aromatic nitrogens is 3. The summed E-state index contributed by atoms with van der Waals surface area (Å²) in [6.45, 7) is 3.93. The predicted molar refractivity (Wildman–Crippen MR) is 157 cm³/mol. The van der Waals surface area contributed by atoms with Crippen LogP contribution < -0.4 is 9.80 Å². The number of hydrogen-bond acceptors (Lipinski definition) is 8. The maximum atomic E-state index is 13.9. The number of nitrogens with zero attached hydrogens (tertiary/aromatic N) is 5. The van der Waals surface area contributed by atoms with Crippen LogP contribution >= 0.6 is 15.9 Å². The lowest BCUT2D eigenvalue weighted by atomic mass is 9.83. The Labute approximate surface area is 251 Å². The summed E-state index contributed by atoms with van der Waals surface area (Å²) in [5.74, 6) is -1.54. The molecule has 3 aromatic rings. The Balaban J connectivity index is 1.30. The van der Waals surface area contributed by atoms with Crippen molar-refractivity contribution < 1.29 is 29.3 Å². The third kappa shape index (κ3) is 5.74. The average Bonchev–Trinajstić information content (AvgIpc) is 3.48. The first-order valence-electron chi connectivity index (χ1n) is 13.7. The van der Waals surface area contributed by atoms with Gasteiger partial charge in [0.25, 0.3) is 5.91 Å². The van der Waals surface area contributed by atoms with E-state index in [0.717, 1.165) is 15.7 Å². The number of aliphatic hydroxyl groups is 2. The monoisotopic (exact) mass is 637 g/mol. The van der Waals surface area contributed by atoms with Gasteiger partial charge in [-0.2, -0.15) is 0 Å². The number of carbonyl (C=O) groups is 3. The third-order valence-corrected chi connectivity index (χ3v) is 8.05. The second-order valence-electron chi connectivity index (χ2n) is 10.5. The van der Waals surface area contributed by atoms with Gasteiger partial charge in [-0.3, -0.25) is 24.0 Å². The molecule has 2 N–H and O–H groups in total. The van der Waals surface area contributed by atoms with E-state index in [1.165, 1.54) is 11.8 Å². The molecule has 2 aliphatic rings. The molecule has 1 fully saturated rings. The standard InChI is InChI=1S/C30H32BrN5O6/c1-19(5-3-4-13-34-18-23(12-14-37)32-33-34)30(41)25-15-22(31)8-11-26(25)35(29(30)40)17-21-6-9-24(10-7-21)36-27(39)16-28(36)42-20(2)38/h3,5-11,15,18-19,28,37,41H,4,12-14,16-17H2,1-2H3/b5-3+/t19-,28?,30+/m0/s1. The maximum Gasteiger partial charge on any atom is 0.304 e. The summed E-state index contributed by atoms with van der Waals surface area (Å²) in [6, 6.07) is 12.6. The van der Waals surface area contributed by atoms with Crippen LogP contribution in [0.2, 0.25) is 0 Å². The van der Waals surface area contributed by atoms with Crippen LogP contribution in [-0.2, 0) is 44.2 Å². The van der Waals surface area contributed by atoms with Crippen LogP contribution in [0.3, 0.4) is 0 Å². The van der Waals surface area contributed by atoms with Crippen LogP contribution in [-0.4, -0.2) is 55.8 Å². The highest BCUT2D eigenvalue weighted by Gasteiger charge is 2.52. The Morgan fingerprint density at radius 2 is 2.00 bits per heavy atom. The number of benzene rings is 2. The molecule has 0 spiro atoms. The quantitative estimate of drug-likeness (QED) is 0.186. The molecule has 2 amide bonds. The number of carbonyl (C=O) groups excluding carboxylic acids is 3. The van der Waals surface area contributed by atoms with E-state index in [0.29, 0.717) is 36.3 Å². The summed E-state index contributed by atoms with van der Waals surface area (Å²) < 4.78 is 7.65. The molecule has 0 saturated carbocycles. The van der Waals surface area contributed by atoms with E-state index < -0.39 is 29.6 Å². The fraction of sp³-hybridized carbons (Fsp3) is 0.367. The number of fused-ring (bicyclic) bond motifs is 1. The number of amides is 2. The molecule has 3 atom stereocenters. The minimum atomic E-state index is -1.77. The van der Waals surface area contributed by atoms with Crippen LogP contribution in [0.25, 0.3) is 0 Å². The Morgan fingerprint density at radius 3 is 2.69 bits per heavy atom. The number of β-lactam (4-membered cyclic amide) rings is 1. The molecule has 3 heterocycles. The first kappa shape index (κ1) is 29.6. The zero-order valence-electron chi connectivity index (χ0n) is 23.3. The molecule has 12 heteroatoms. The minimum Gasteiger partial charge on any atom is -0.441 e. The topological polar surface area (TPSA) is 138 Å². The molecule has 0 radical (unpaired) electrons. The van der Waals surface area contributed by atoms with Gasteiger partial charge in [0.2, 0.25) is 5.91 Å². The van der Waals surface area contributed by atoms with Crippen LogP contribution in [0.4, 0.5) is 11.4 Å². The van der Waals surface area contributed by atoms with Crippen molar-refractivity contribution >= 4 is 45.1 Å². The lowest BCUT2D eigenvalue weighted by Gasteiger charge is -2.39. The average molecular weight is 639 g/mol. The van der Waals surface area contributed by atoms with E-state index in [9.17, 15) is 19.5 Å². The van der Waals surface area contributed by atoms with Gasteiger partial charge < -0.3 is 19.8 Å². The molecule has 5 rings (SSSR count). The highest BCUT2D eigenvalue weighted by Crippen LogP contribution is 2.46. The SMILES string of the molecule is CC(=O)OC1CC(=O)N1c1ccc(CN2C(=O)[C@@](O)([C@@H](C)/C=C/CCn3cc(CCO)nn3)c3cc(Br)ccc32)cc1. The van der Waals surface area contributed by atoms with Crippen molar-refractivity contribution in [1.29, 1.82) is 0 Å². The molecule has 42 heavy (non-hydrogen) atoms. The minimum absolute atomic E-state index is 0.0142. The van der Waals surface area contributed by atoms with Gasteiger partial charge in [0.15, 0.2) is 11.8 Å². The van der Waals surface area contributed by atoms with Gasteiger partial charge in [-0.15, -0.1) is 5.10 Å². The number of anilines is 2. The van der Waals surface area contributed by atoms with Crippen molar-refractivity contribution in [2.75, 3.05) is 16.4 Å². The summed E-state index contributed by atoms with van der Waals surface area (Å²) in [4.78, 5) is 40.4. The number of allylic oxidation sites excluding steroid dienone is 1. The second-order valence-corrected chi connectivity index (χ2v) is 11.4. The molecule has 220 valence electrons. The van der Waals surface area contributed by atoms with Crippen molar-refractivity contribution in [3.63, 3.8) is 0 Å². The van der Waals surface area contributed by atoms with Gasteiger partial charge in [-0.05, 0) is 42.3 Å². The molecule has 11 nitrogen and oxygen atoms in total. The first-order valence-corrected chi connectivity index (χ1v) is 14.5. The fourth-order valence-corrected chi connectivity index (χ4v) is 5.69. The van der Waals surface area contributed by atoms with Crippen molar-refractivity contribution in [1.82, 2.24) is 15.0 Å². The van der Waals surface area contributed by atoms with Crippen molar-refractivity contribution in [2.45, 2.75) is 58.0 Å². The molecular weight excluding hydrogens is 606 g/mol. The van der Waals surface area contributed by atoms with Crippen LogP contribution in [0, 0.1) is 5.92 Å². The van der Waals surface area contributed by atoms with Gasteiger partial charge in [0.05, 0.1) is 24.3 Å². The molecule has 1 aromatic heterocycles. The van der Waals surface area contributed by atoms with Crippen molar-refractivity contribution in [3.05, 3.63) is 82.1 Å². The number of rotatable bonds is 11. The Bertz CT molecular complexity index is 1520. The largest absolute Gasteiger partial charge is 0.441 e. The molecule has 1 unspecified atom stereocenters. The zero-order valence-corrected chi connectivity index (χ0v) is 24.9. The van der Waals surface area contributed by atoms with Gasteiger partial charge in [0.1, 0.15) is 0 Å². The maximum absolute atomic E-state index is 13.9. The number of esters is 1. The van der Waals surface area contributed by atoms with Gasteiger partial charge in [-0.1, -0.05) is 52.4 Å². The van der Waals surface area contributed by atoms with Crippen LogP contribution in [0.5, 0.6) is 0 Å². The fourth-order valence-electron chi connectivity index (χ4n) is 5.33. The van der Waals surface area contributed by atoms with E-state index in [-0.39, 0.29) is 25.5 Å². The highest BCUT2D eigenvalue weighted by atomic mass is 79.9. The smallest absolute Gasteiger partial charge is 0.304 e. The second kappa shape index (κ2) is 12.2. The number of ether oxygens (including phenoxy) is 1. The Hall–Kier alpha value is -3.87. The Kier molecular flexibility index (Phi) is 8.58. The zero-order chi connectivity index (χ0) is 30.0. The molecule has 2 aliphatic heterocycles. The summed E-state index contributed by atoms with van der Waals surface area (Å²) in [7, 11) is 0. The van der Waals surface area contributed by atoms with Crippen molar-refractivity contribution in [2.24, 2.45) is 5.92 Å². The molecule has 0 bridgehead atoms.